The average Bonchev–Trinajstić information content (AvgIpc) is 2.89. The zero-order valence-electron chi connectivity index (χ0n) is 13.9. The van der Waals surface area contributed by atoms with Crippen LogP contribution in [0, 0.1) is 5.41 Å². The van der Waals surface area contributed by atoms with Gasteiger partial charge >= 0.3 is 0 Å². The number of rotatable bonds is 5. The molecule has 0 aromatic carbocycles. The molecule has 2 N–H and O–H groups in total. The van der Waals surface area contributed by atoms with E-state index in [1.165, 1.54) is 0 Å². The van der Waals surface area contributed by atoms with Crippen LogP contribution in [0.3, 0.4) is 0 Å². The summed E-state index contributed by atoms with van der Waals surface area (Å²) >= 11 is 0. The van der Waals surface area contributed by atoms with Crippen molar-refractivity contribution in [3.8, 4) is 0 Å². The molecule has 0 aromatic rings. The molecule has 0 aliphatic carbocycles. The molecule has 5 nitrogen and oxygen atoms in total. The Kier molecular flexibility index (Phi) is 9.90. The van der Waals surface area contributed by atoms with Gasteiger partial charge < -0.3 is 20.4 Å². The summed E-state index contributed by atoms with van der Waals surface area (Å²) in [4.78, 5) is 19.2. The van der Waals surface area contributed by atoms with Crippen LogP contribution < -0.4 is 5.73 Å². The molecular formula is C15H32Cl2N4O. The fourth-order valence-corrected chi connectivity index (χ4v) is 3.14. The minimum absolute atomic E-state index is 0. The lowest BCUT2D eigenvalue weighted by Gasteiger charge is -2.34. The van der Waals surface area contributed by atoms with E-state index in [1.54, 1.807) is 0 Å². The molecule has 0 aromatic heterocycles. The summed E-state index contributed by atoms with van der Waals surface area (Å²) in [5.41, 5.74) is 5.94. The first-order chi connectivity index (χ1) is 9.56. The highest BCUT2D eigenvalue weighted by Gasteiger charge is 2.34. The zero-order valence-corrected chi connectivity index (χ0v) is 15.6. The Morgan fingerprint density at radius 1 is 1.09 bits per heavy atom. The van der Waals surface area contributed by atoms with E-state index >= 15 is 0 Å². The van der Waals surface area contributed by atoms with E-state index in [0.29, 0.717) is 18.9 Å². The van der Waals surface area contributed by atoms with Gasteiger partial charge in [-0.1, -0.05) is 13.8 Å². The van der Waals surface area contributed by atoms with E-state index in [2.05, 4.69) is 23.6 Å². The normalized spacial score (nSPS) is 26.4. The van der Waals surface area contributed by atoms with Crippen LogP contribution in [0.15, 0.2) is 0 Å². The lowest BCUT2D eigenvalue weighted by atomic mass is 9.90. The molecule has 0 bridgehead atoms. The van der Waals surface area contributed by atoms with Crippen LogP contribution in [-0.2, 0) is 4.79 Å². The molecule has 0 radical (unpaired) electrons. The van der Waals surface area contributed by atoms with Crippen LogP contribution in [0.25, 0.3) is 0 Å². The van der Waals surface area contributed by atoms with Crippen LogP contribution in [0.5, 0.6) is 0 Å². The third kappa shape index (κ3) is 5.85. The molecule has 7 heteroatoms. The fourth-order valence-electron chi connectivity index (χ4n) is 3.14. The molecule has 2 heterocycles. The Hall–Kier alpha value is -0.0700. The minimum atomic E-state index is 0. The highest BCUT2D eigenvalue weighted by Crippen LogP contribution is 2.28. The predicted octanol–water partition coefficient (Wildman–Crippen LogP) is 1.05. The molecular weight excluding hydrogens is 323 g/mol. The van der Waals surface area contributed by atoms with Crippen molar-refractivity contribution in [1.29, 1.82) is 0 Å². The third-order valence-corrected chi connectivity index (χ3v) is 4.96. The monoisotopic (exact) mass is 354 g/mol. The lowest BCUT2D eigenvalue weighted by molar-refractivity contribution is -0.130. The number of halogens is 2. The van der Waals surface area contributed by atoms with Crippen molar-refractivity contribution in [2.24, 2.45) is 11.1 Å². The number of carbonyl (C=O) groups excluding carboxylic acids is 1. The lowest BCUT2D eigenvalue weighted by Crippen LogP contribution is -2.47. The van der Waals surface area contributed by atoms with Crippen LogP contribution in [0.4, 0.5) is 0 Å². The Morgan fingerprint density at radius 2 is 1.68 bits per heavy atom. The van der Waals surface area contributed by atoms with E-state index < -0.39 is 0 Å². The number of amides is 1. The van der Waals surface area contributed by atoms with Gasteiger partial charge in [-0.25, -0.2) is 0 Å². The molecule has 2 fully saturated rings. The standard InChI is InChI=1S/C15H30N4O.2ClH/c1-3-17-8-10-18(11-9-17)6-4-14(20)19-7-5-15(2,12-16)13-19;;/h3-13,16H2,1-2H3;2*1H. The number of likely N-dealkylation sites (tertiary alicyclic amines) is 1. The maximum atomic E-state index is 12.3. The molecule has 2 rings (SSSR count). The molecule has 1 atom stereocenters. The van der Waals surface area contributed by atoms with Crippen LogP contribution >= 0.6 is 24.8 Å². The quantitative estimate of drug-likeness (QED) is 0.801. The minimum Gasteiger partial charge on any atom is -0.342 e. The van der Waals surface area contributed by atoms with Crippen molar-refractivity contribution in [3.05, 3.63) is 0 Å². The molecule has 2 saturated heterocycles. The predicted molar refractivity (Wildman–Crippen MR) is 96.0 cm³/mol. The van der Waals surface area contributed by atoms with Crippen LogP contribution in [0.1, 0.15) is 26.7 Å². The maximum Gasteiger partial charge on any atom is 0.223 e. The second-order valence-corrected chi connectivity index (χ2v) is 6.61. The van der Waals surface area contributed by atoms with Crippen molar-refractivity contribution in [3.63, 3.8) is 0 Å². The highest BCUT2D eigenvalue weighted by atomic mass is 35.5. The van der Waals surface area contributed by atoms with Gasteiger partial charge in [-0.15, -0.1) is 24.8 Å². The summed E-state index contributed by atoms with van der Waals surface area (Å²) in [6, 6.07) is 0. The van der Waals surface area contributed by atoms with Crippen LogP contribution in [0.2, 0.25) is 0 Å². The number of carbonyl (C=O) groups is 1. The molecule has 22 heavy (non-hydrogen) atoms. The van der Waals surface area contributed by atoms with Gasteiger partial charge in [-0.05, 0) is 24.9 Å². The first-order valence-corrected chi connectivity index (χ1v) is 7.99. The Labute approximate surface area is 147 Å². The topological polar surface area (TPSA) is 52.8 Å². The van der Waals surface area contributed by atoms with Gasteiger partial charge in [-0.3, -0.25) is 4.79 Å². The molecule has 2 aliphatic heterocycles. The Balaban J connectivity index is 0.00000220. The molecule has 1 unspecified atom stereocenters. The second kappa shape index (κ2) is 9.93. The van der Waals surface area contributed by atoms with Crippen molar-refractivity contribution in [2.75, 3.05) is 58.9 Å². The summed E-state index contributed by atoms with van der Waals surface area (Å²) in [5, 5.41) is 0. The number of nitrogens with zero attached hydrogens (tertiary/aromatic N) is 3. The number of nitrogens with two attached hydrogens (primary N) is 1. The van der Waals surface area contributed by atoms with Crippen molar-refractivity contribution in [1.82, 2.24) is 14.7 Å². The van der Waals surface area contributed by atoms with Crippen molar-refractivity contribution < 1.29 is 4.79 Å². The summed E-state index contributed by atoms with van der Waals surface area (Å²) in [6.07, 6.45) is 1.71. The fraction of sp³-hybridized carbons (Fsp3) is 0.933. The summed E-state index contributed by atoms with van der Waals surface area (Å²) in [5.74, 6) is 0.306. The van der Waals surface area contributed by atoms with E-state index in [1.807, 2.05) is 4.90 Å². The number of piperazine rings is 1. The Bertz CT molecular complexity index is 338. The van der Waals surface area contributed by atoms with E-state index in [0.717, 1.165) is 58.8 Å². The average molecular weight is 355 g/mol. The zero-order chi connectivity index (χ0) is 14.6. The Morgan fingerprint density at radius 3 is 2.18 bits per heavy atom. The largest absolute Gasteiger partial charge is 0.342 e. The summed E-state index contributed by atoms with van der Waals surface area (Å²) < 4.78 is 0. The molecule has 0 saturated carbocycles. The molecule has 0 spiro atoms. The molecule has 132 valence electrons. The second-order valence-electron chi connectivity index (χ2n) is 6.61. The highest BCUT2D eigenvalue weighted by molar-refractivity contribution is 5.85. The van der Waals surface area contributed by atoms with E-state index in [4.69, 9.17) is 5.73 Å². The number of hydrogen-bond acceptors (Lipinski definition) is 4. The van der Waals surface area contributed by atoms with Gasteiger partial charge in [0.15, 0.2) is 0 Å². The number of hydrogen-bond donors (Lipinski definition) is 1. The van der Waals surface area contributed by atoms with Gasteiger partial charge in [0.05, 0.1) is 0 Å². The third-order valence-electron chi connectivity index (χ3n) is 4.96. The number of likely N-dealkylation sites (N-methyl/N-ethyl adjacent to an activating group) is 1. The maximum absolute atomic E-state index is 12.3. The first kappa shape index (κ1) is 21.9. The molecule has 1 amide bonds. The van der Waals surface area contributed by atoms with Gasteiger partial charge in [0, 0.05) is 52.2 Å². The SMILES string of the molecule is CCN1CCN(CCC(=O)N2CCC(C)(CN)C2)CC1.Cl.Cl. The van der Waals surface area contributed by atoms with Gasteiger partial charge in [0.2, 0.25) is 5.91 Å². The van der Waals surface area contributed by atoms with Crippen molar-refractivity contribution >= 4 is 30.7 Å². The first-order valence-electron chi connectivity index (χ1n) is 7.99. The van der Waals surface area contributed by atoms with Crippen LogP contribution in [-0.4, -0.2) is 79.5 Å². The van der Waals surface area contributed by atoms with E-state index in [9.17, 15) is 4.79 Å². The van der Waals surface area contributed by atoms with Crippen molar-refractivity contribution in [2.45, 2.75) is 26.7 Å². The molecule has 2 aliphatic rings. The van der Waals surface area contributed by atoms with Gasteiger partial charge in [-0.2, -0.15) is 0 Å². The van der Waals surface area contributed by atoms with E-state index in [-0.39, 0.29) is 30.2 Å². The van der Waals surface area contributed by atoms with Gasteiger partial charge in [0.1, 0.15) is 0 Å². The summed E-state index contributed by atoms with van der Waals surface area (Å²) in [6.45, 7) is 13.3. The smallest absolute Gasteiger partial charge is 0.223 e. The summed E-state index contributed by atoms with van der Waals surface area (Å²) in [7, 11) is 0. The van der Waals surface area contributed by atoms with Gasteiger partial charge in [0.25, 0.3) is 0 Å².